The van der Waals surface area contributed by atoms with Crippen LogP contribution in [-0.2, 0) is 0 Å². The van der Waals surface area contributed by atoms with Gasteiger partial charge in [-0.15, -0.1) is 16.8 Å². The Morgan fingerprint density at radius 2 is 2.05 bits per heavy atom. The summed E-state index contributed by atoms with van der Waals surface area (Å²) < 4.78 is 5.07. The SMILES string of the molecule is C=CCSc1nnc(-c2ccc(OC)cc2)c(O)n1. The Balaban J connectivity index is 2.26. The summed E-state index contributed by atoms with van der Waals surface area (Å²) in [5, 5.41) is 18.3. The van der Waals surface area contributed by atoms with Gasteiger partial charge in [-0.25, -0.2) is 0 Å². The second kappa shape index (κ2) is 6.19. The predicted octanol–water partition coefficient (Wildman–Crippen LogP) is 2.53. The fraction of sp³-hybridized carbons (Fsp3) is 0.154. The zero-order valence-corrected chi connectivity index (χ0v) is 11.2. The Morgan fingerprint density at radius 3 is 2.63 bits per heavy atom. The van der Waals surface area contributed by atoms with Crippen LogP contribution in [-0.4, -0.2) is 33.2 Å². The van der Waals surface area contributed by atoms with E-state index in [1.54, 1.807) is 37.5 Å². The monoisotopic (exact) mass is 275 g/mol. The van der Waals surface area contributed by atoms with Crippen LogP contribution in [0.3, 0.4) is 0 Å². The predicted molar refractivity (Wildman–Crippen MR) is 74.4 cm³/mol. The molecule has 19 heavy (non-hydrogen) atoms. The molecule has 0 aliphatic carbocycles. The number of aromatic hydroxyl groups is 1. The molecule has 2 rings (SSSR count). The summed E-state index contributed by atoms with van der Waals surface area (Å²) in [6.45, 7) is 3.61. The summed E-state index contributed by atoms with van der Waals surface area (Å²) in [5.41, 5.74) is 1.09. The molecule has 0 amide bonds. The molecule has 5 nitrogen and oxygen atoms in total. The van der Waals surface area contributed by atoms with Gasteiger partial charge in [-0.05, 0) is 24.3 Å². The van der Waals surface area contributed by atoms with Gasteiger partial charge < -0.3 is 9.84 Å². The molecule has 2 aromatic rings. The summed E-state index contributed by atoms with van der Waals surface area (Å²) in [4.78, 5) is 4.00. The summed E-state index contributed by atoms with van der Waals surface area (Å²) in [7, 11) is 1.60. The van der Waals surface area contributed by atoms with Crippen molar-refractivity contribution in [1.29, 1.82) is 0 Å². The largest absolute Gasteiger partial charge is 0.497 e. The molecule has 0 saturated carbocycles. The van der Waals surface area contributed by atoms with Gasteiger partial charge in [-0.2, -0.15) is 4.98 Å². The molecule has 1 heterocycles. The van der Waals surface area contributed by atoms with Crippen LogP contribution in [0.2, 0.25) is 0 Å². The maximum atomic E-state index is 9.89. The van der Waals surface area contributed by atoms with Crippen molar-refractivity contribution in [1.82, 2.24) is 15.2 Å². The van der Waals surface area contributed by atoms with E-state index in [4.69, 9.17) is 4.74 Å². The van der Waals surface area contributed by atoms with Crippen LogP contribution < -0.4 is 4.74 Å². The Kier molecular flexibility index (Phi) is 4.35. The molecule has 98 valence electrons. The van der Waals surface area contributed by atoms with E-state index >= 15 is 0 Å². The maximum Gasteiger partial charge on any atom is 0.242 e. The van der Waals surface area contributed by atoms with E-state index in [-0.39, 0.29) is 5.88 Å². The molecule has 0 saturated heterocycles. The van der Waals surface area contributed by atoms with E-state index < -0.39 is 0 Å². The lowest BCUT2D eigenvalue weighted by Gasteiger charge is -2.04. The summed E-state index contributed by atoms with van der Waals surface area (Å²) >= 11 is 1.36. The molecule has 0 unspecified atom stereocenters. The molecule has 0 aliphatic heterocycles. The molecule has 0 aliphatic rings. The first kappa shape index (κ1) is 13.4. The second-order valence-corrected chi connectivity index (χ2v) is 4.58. The average Bonchev–Trinajstić information content (AvgIpc) is 2.45. The third kappa shape index (κ3) is 3.23. The first-order chi connectivity index (χ1) is 9.24. The van der Waals surface area contributed by atoms with Crippen molar-refractivity contribution in [3.8, 4) is 22.9 Å². The van der Waals surface area contributed by atoms with Gasteiger partial charge in [0.1, 0.15) is 5.75 Å². The molecule has 6 heteroatoms. The van der Waals surface area contributed by atoms with Crippen molar-refractivity contribution >= 4 is 11.8 Å². The van der Waals surface area contributed by atoms with Crippen LogP contribution in [0.5, 0.6) is 11.6 Å². The standard InChI is InChI=1S/C13H13N3O2S/c1-3-8-19-13-14-12(17)11(15-16-13)9-4-6-10(18-2)7-5-9/h3-7H,1,8H2,2H3,(H,14,16,17). The van der Waals surface area contributed by atoms with E-state index in [0.29, 0.717) is 16.6 Å². The fourth-order valence-corrected chi connectivity index (χ4v) is 1.95. The highest BCUT2D eigenvalue weighted by Crippen LogP contribution is 2.27. The van der Waals surface area contributed by atoms with E-state index in [1.165, 1.54) is 11.8 Å². The minimum atomic E-state index is -0.133. The number of nitrogens with zero attached hydrogens (tertiary/aromatic N) is 3. The third-order valence-electron chi connectivity index (χ3n) is 2.34. The van der Waals surface area contributed by atoms with Crippen LogP contribution in [0, 0.1) is 0 Å². The smallest absolute Gasteiger partial charge is 0.242 e. The van der Waals surface area contributed by atoms with Gasteiger partial charge >= 0.3 is 0 Å². The second-order valence-electron chi connectivity index (χ2n) is 3.59. The van der Waals surface area contributed by atoms with Crippen LogP contribution in [0.25, 0.3) is 11.3 Å². The zero-order chi connectivity index (χ0) is 13.7. The fourth-order valence-electron chi connectivity index (χ4n) is 1.43. The molecule has 0 fully saturated rings. The van der Waals surface area contributed by atoms with Crippen molar-refractivity contribution in [2.24, 2.45) is 0 Å². The van der Waals surface area contributed by atoms with Crippen molar-refractivity contribution in [2.75, 3.05) is 12.9 Å². The van der Waals surface area contributed by atoms with Crippen LogP contribution in [0.4, 0.5) is 0 Å². The number of rotatable bonds is 5. The average molecular weight is 275 g/mol. The number of thioether (sulfide) groups is 1. The summed E-state index contributed by atoms with van der Waals surface area (Å²) in [5.74, 6) is 1.28. The number of methoxy groups -OCH3 is 1. The van der Waals surface area contributed by atoms with Crippen LogP contribution >= 0.6 is 11.8 Å². The third-order valence-corrected chi connectivity index (χ3v) is 3.18. The molecule has 0 radical (unpaired) electrons. The summed E-state index contributed by atoms with van der Waals surface area (Å²) in [6.07, 6.45) is 1.74. The van der Waals surface area contributed by atoms with Gasteiger partial charge in [0, 0.05) is 11.3 Å². The number of aromatic nitrogens is 3. The molecule has 1 aromatic carbocycles. The molecular formula is C13H13N3O2S. The Morgan fingerprint density at radius 1 is 1.32 bits per heavy atom. The van der Waals surface area contributed by atoms with Gasteiger partial charge in [0.25, 0.3) is 0 Å². The molecule has 1 N–H and O–H groups in total. The van der Waals surface area contributed by atoms with Crippen molar-refractivity contribution in [3.63, 3.8) is 0 Å². The first-order valence-corrected chi connectivity index (χ1v) is 6.55. The van der Waals surface area contributed by atoms with E-state index in [0.717, 1.165) is 11.3 Å². The van der Waals surface area contributed by atoms with E-state index in [2.05, 4.69) is 21.8 Å². The Hall–Kier alpha value is -2.08. The minimum Gasteiger partial charge on any atom is -0.497 e. The number of benzene rings is 1. The molecular weight excluding hydrogens is 262 g/mol. The first-order valence-electron chi connectivity index (χ1n) is 5.56. The highest BCUT2D eigenvalue weighted by atomic mass is 32.2. The maximum absolute atomic E-state index is 9.89. The number of hydrogen-bond acceptors (Lipinski definition) is 6. The van der Waals surface area contributed by atoms with Crippen LogP contribution in [0.15, 0.2) is 42.1 Å². The zero-order valence-electron chi connectivity index (χ0n) is 10.4. The van der Waals surface area contributed by atoms with Crippen molar-refractivity contribution in [3.05, 3.63) is 36.9 Å². The number of ether oxygens (including phenoxy) is 1. The molecule has 1 aromatic heterocycles. The van der Waals surface area contributed by atoms with E-state index in [1.807, 2.05) is 0 Å². The van der Waals surface area contributed by atoms with Crippen molar-refractivity contribution in [2.45, 2.75) is 5.16 Å². The topological polar surface area (TPSA) is 68.1 Å². The van der Waals surface area contributed by atoms with E-state index in [9.17, 15) is 5.11 Å². The highest BCUT2D eigenvalue weighted by molar-refractivity contribution is 7.99. The lowest BCUT2D eigenvalue weighted by atomic mass is 10.1. The van der Waals surface area contributed by atoms with Gasteiger partial charge in [-0.1, -0.05) is 17.8 Å². The normalized spacial score (nSPS) is 10.2. The number of hydrogen-bond donors (Lipinski definition) is 1. The quantitative estimate of drug-likeness (QED) is 0.668. The summed E-state index contributed by atoms with van der Waals surface area (Å²) in [6, 6.07) is 7.16. The van der Waals surface area contributed by atoms with Gasteiger partial charge in [0.2, 0.25) is 11.0 Å². The Bertz CT molecular complexity index is 573. The minimum absolute atomic E-state index is 0.133. The molecule has 0 atom stereocenters. The lowest BCUT2D eigenvalue weighted by Crippen LogP contribution is -1.95. The van der Waals surface area contributed by atoms with Crippen molar-refractivity contribution < 1.29 is 9.84 Å². The lowest BCUT2D eigenvalue weighted by molar-refractivity contribution is 0.415. The van der Waals surface area contributed by atoms with Gasteiger partial charge in [0.05, 0.1) is 7.11 Å². The van der Waals surface area contributed by atoms with Gasteiger partial charge in [0.15, 0.2) is 5.69 Å². The Labute approximate surface area is 115 Å². The van der Waals surface area contributed by atoms with Crippen LogP contribution in [0.1, 0.15) is 0 Å². The molecule has 0 bridgehead atoms. The molecule has 0 spiro atoms. The highest BCUT2D eigenvalue weighted by Gasteiger charge is 2.10. The van der Waals surface area contributed by atoms with Gasteiger partial charge in [-0.3, -0.25) is 0 Å².